The van der Waals surface area contributed by atoms with E-state index >= 15 is 0 Å². The van der Waals surface area contributed by atoms with Crippen LogP contribution >= 0.6 is 0 Å². The van der Waals surface area contributed by atoms with E-state index < -0.39 is 9.84 Å². The molecule has 1 aliphatic rings. The Kier molecular flexibility index (Phi) is 6.63. The maximum atomic E-state index is 12.0. The van der Waals surface area contributed by atoms with Crippen LogP contribution in [0.5, 0.6) is 5.75 Å². The molecule has 1 fully saturated rings. The van der Waals surface area contributed by atoms with Crippen LogP contribution in [0.3, 0.4) is 0 Å². The number of guanidine groups is 1. The molecular formula is C16H24N4O4S. The highest BCUT2D eigenvalue weighted by atomic mass is 32.2. The monoisotopic (exact) mass is 368 g/mol. The first kappa shape index (κ1) is 19.0. The lowest BCUT2D eigenvalue weighted by molar-refractivity contribution is 0.0952. The minimum atomic E-state index is -2.95. The molecule has 4 N–H and O–H groups in total. The number of carbonyl (C=O) groups is 1. The number of carbonyl (C=O) groups excluding carboxylic acids is 1. The van der Waals surface area contributed by atoms with Crippen molar-refractivity contribution in [3.8, 4) is 5.75 Å². The fraction of sp³-hybridized carbons (Fsp3) is 0.500. The molecule has 25 heavy (non-hydrogen) atoms. The fourth-order valence-electron chi connectivity index (χ4n) is 2.52. The minimum absolute atomic E-state index is 0.0686. The predicted molar refractivity (Wildman–Crippen MR) is 96.6 cm³/mol. The van der Waals surface area contributed by atoms with E-state index in [1.54, 1.807) is 18.2 Å². The summed E-state index contributed by atoms with van der Waals surface area (Å²) in [6.45, 7) is 3.19. The zero-order chi connectivity index (χ0) is 18.3. The van der Waals surface area contributed by atoms with Crippen LogP contribution in [-0.2, 0) is 9.84 Å². The van der Waals surface area contributed by atoms with Crippen molar-refractivity contribution in [2.75, 3.05) is 31.1 Å². The Morgan fingerprint density at radius 3 is 2.72 bits per heavy atom. The van der Waals surface area contributed by atoms with Crippen LogP contribution in [0.4, 0.5) is 0 Å². The van der Waals surface area contributed by atoms with Gasteiger partial charge in [-0.25, -0.2) is 8.42 Å². The topological polar surface area (TPSA) is 120 Å². The van der Waals surface area contributed by atoms with Gasteiger partial charge in [0.05, 0.1) is 23.6 Å². The van der Waals surface area contributed by atoms with Crippen molar-refractivity contribution >= 4 is 21.7 Å². The molecule has 1 unspecified atom stereocenters. The number of amides is 1. The number of phenols is 1. The van der Waals surface area contributed by atoms with Crippen molar-refractivity contribution in [1.29, 1.82) is 0 Å². The van der Waals surface area contributed by atoms with Gasteiger partial charge in [-0.05, 0) is 25.5 Å². The molecule has 1 saturated heterocycles. The summed E-state index contributed by atoms with van der Waals surface area (Å²) in [6.07, 6.45) is 0.566. The summed E-state index contributed by atoms with van der Waals surface area (Å²) in [7, 11) is -2.95. The molecule has 9 heteroatoms. The van der Waals surface area contributed by atoms with Crippen LogP contribution in [0.15, 0.2) is 29.3 Å². The van der Waals surface area contributed by atoms with E-state index in [4.69, 9.17) is 0 Å². The number of aliphatic imine (C=N–C) groups is 1. The fourth-order valence-corrected chi connectivity index (χ4v) is 4.19. The molecule has 0 bridgehead atoms. The highest BCUT2D eigenvalue weighted by molar-refractivity contribution is 7.91. The largest absolute Gasteiger partial charge is 0.507 e. The van der Waals surface area contributed by atoms with Crippen LogP contribution < -0.4 is 16.0 Å². The number of hydrogen-bond donors (Lipinski definition) is 4. The summed E-state index contributed by atoms with van der Waals surface area (Å²) in [5.74, 6) is 0.401. The van der Waals surface area contributed by atoms with Gasteiger partial charge >= 0.3 is 0 Å². The molecule has 1 aromatic carbocycles. The molecule has 1 atom stereocenters. The maximum absolute atomic E-state index is 12.0. The number of phenolic OH excluding ortho intramolecular Hbond substituents is 1. The molecule has 138 valence electrons. The summed E-state index contributed by atoms with van der Waals surface area (Å²) in [5.41, 5.74) is 0.215. The molecule has 0 aromatic heterocycles. The van der Waals surface area contributed by atoms with Gasteiger partial charge in [-0.3, -0.25) is 9.79 Å². The summed E-state index contributed by atoms with van der Waals surface area (Å²) in [6, 6.07) is 6.18. The lowest BCUT2D eigenvalue weighted by atomic mass is 10.2. The normalized spacial score (nSPS) is 19.4. The second-order valence-electron chi connectivity index (χ2n) is 5.78. The van der Waals surface area contributed by atoms with Crippen molar-refractivity contribution in [2.45, 2.75) is 19.4 Å². The SMILES string of the molecule is CCNC(=NCCNC(=O)c1ccccc1O)NC1CCS(=O)(=O)C1. The van der Waals surface area contributed by atoms with Gasteiger partial charge in [0.1, 0.15) is 5.75 Å². The van der Waals surface area contributed by atoms with Crippen LogP contribution in [-0.4, -0.2) is 62.6 Å². The highest BCUT2D eigenvalue weighted by Gasteiger charge is 2.28. The van der Waals surface area contributed by atoms with Gasteiger partial charge in [0.25, 0.3) is 5.91 Å². The second kappa shape index (κ2) is 8.70. The van der Waals surface area contributed by atoms with Gasteiger partial charge in [-0.1, -0.05) is 12.1 Å². The Morgan fingerprint density at radius 2 is 2.08 bits per heavy atom. The standard InChI is InChI=1S/C16H24N4O4S/c1-2-17-16(20-12-7-10-25(23,24)11-12)19-9-8-18-15(22)13-5-3-4-6-14(13)21/h3-6,12,21H,2,7-11H2,1H3,(H,18,22)(H2,17,19,20). The summed E-state index contributed by atoms with van der Waals surface area (Å²) in [4.78, 5) is 16.3. The molecule has 8 nitrogen and oxygen atoms in total. The summed E-state index contributed by atoms with van der Waals surface area (Å²) < 4.78 is 23.0. The van der Waals surface area contributed by atoms with Crippen molar-refractivity contribution in [2.24, 2.45) is 4.99 Å². The van der Waals surface area contributed by atoms with Crippen LogP contribution in [0, 0.1) is 0 Å². The zero-order valence-corrected chi connectivity index (χ0v) is 15.0. The average molecular weight is 368 g/mol. The Bertz CT molecular complexity index is 733. The Labute approximate surface area is 147 Å². The second-order valence-corrected chi connectivity index (χ2v) is 8.01. The number of aromatic hydroxyl groups is 1. The van der Waals surface area contributed by atoms with Gasteiger partial charge in [0, 0.05) is 19.1 Å². The lowest BCUT2D eigenvalue weighted by Gasteiger charge is -2.15. The van der Waals surface area contributed by atoms with Gasteiger partial charge in [0.15, 0.2) is 15.8 Å². The number of benzene rings is 1. The van der Waals surface area contributed by atoms with E-state index in [2.05, 4.69) is 20.9 Å². The number of hydrogen-bond acceptors (Lipinski definition) is 5. The maximum Gasteiger partial charge on any atom is 0.255 e. The molecule has 0 saturated carbocycles. The number of sulfone groups is 1. The van der Waals surface area contributed by atoms with Crippen molar-refractivity contribution in [3.63, 3.8) is 0 Å². The molecule has 1 amide bonds. The van der Waals surface area contributed by atoms with Gasteiger partial charge in [-0.2, -0.15) is 0 Å². The van der Waals surface area contributed by atoms with Crippen LogP contribution in [0.1, 0.15) is 23.7 Å². The molecule has 0 spiro atoms. The summed E-state index contributed by atoms with van der Waals surface area (Å²) >= 11 is 0. The molecule has 1 aliphatic heterocycles. The van der Waals surface area contributed by atoms with E-state index in [1.165, 1.54) is 6.07 Å². The number of nitrogens with zero attached hydrogens (tertiary/aromatic N) is 1. The Balaban J connectivity index is 1.83. The van der Waals surface area contributed by atoms with Crippen LogP contribution in [0.2, 0.25) is 0 Å². The number of para-hydroxylation sites is 1. The lowest BCUT2D eigenvalue weighted by Crippen LogP contribution is -2.44. The quantitative estimate of drug-likeness (QED) is 0.315. The molecular weight excluding hydrogens is 344 g/mol. The average Bonchev–Trinajstić information content (AvgIpc) is 2.90. The summed E-state index contributed by atoms with van der Waals surface area (Å²) in [5, 5.41) is 18.5. The smallest absolute Gasteiger partial charge is 0.255 e. The van der Waals surface area contributed by atoms with E-state index in [9.17, 15) is 18.3 Å². The third-order valence-corrected chi connectivity index (χ3v) is 5.50. The Morgan fingerprint density at radius 1 is 1.32 bits per heavy atom. The molecule has 1 aromatic rings. The molecule has 0 radical (unpaired) electrons. The minimum Gasteiger partial charge on any atom is -0.507 e. The predicted octanol–water partition coefficient (Wildman–Crippen LogP) is -0.136. The van der Waals surface area contributed by atoms with E-state index in [0.717, 1.165) is 0 Å². The van der Waals surface area contributed by atoms with Crippen molar-refractivity contribution < 1.29 is 18.3 Å². The van der Waals surface area contributed by atoms with Gasteiger partial charge < -0.3 is 21.1 Å². The van der Waals surface area contributed by atoms with Gasteiger partial charge in [-0.15, -0.1) is 0 Å². The first-order valence-corrected chi connectivity index (χ1v) is 10.0. The first-order chi connectivity index (χ1) is 11.9. The molecule has 0 aliphatic carbocycles. The first-order valence-electron chi connectivity index (χ1n) is 8.22. The van der Waals surface area contributed by atoms with Crippen molar-refractivity contribution in [3.05, 3.63) is 29.8 Å². The number of rotatable bonds is 6. The van der Waals surface area contributed by atoms with E-state index in [0.29, 0.717) is 32.0 Å². The number of nitrogens with one attached hydrogen (secondary N) is 3. The van der Waals surface area contributed by atoms with Crippen LogP contribution in [0.25, 0.3) is 0 Å². The van der Waals surface area contributed by atoms with E-state index in [1.807, 2.05) is 6.92 Å². The molecule has 2 rings (SSSR count). The van der Waals surface area contributed by atoms with Crippen molar-refractivity contribution in [1.82, 2.24) is 16.0 Å². The third-order valence-electron chi connectivity index (χ3n) is 3.73. The molecule has 1 heterocycles. The zero-order valence-electron chi connectivity index (χ0n) is 14.2. The Hall–Kier alpha value is -2.29. The highest BCUT2D eigenvalue weighted by Crippen LogP contribution is 2.14. The van der Waals surface area contributed by atoms with E-state index in [-0.39, 0.29) is 34.8 Å². The third kappa shape index (κ3) is 5.93. The van der Waals surface area contributed by atoms with Gasteiger partial charge in [0.2, 0.25) is 0 Å².